The third-order valence-corrected chi connectivity index (χ3v) is 4.89. The van der Waals surface area contributed by atoms with Gasteiger partial charge in [0.1, 0.15) is 17.0 Å². The van der Waals surface area contributed by atoms with Crippen molar-refractivity contribution in [3.05, 3.63) is 65.9 Å². The summed E-state index contributed by atoms with van der Waals surface area (Å²) in [7, 11) is 1.62. The zero-order chi connectivity index (χ0) is 24.2. The van der Waals surface area contributed by atoms with E-state index in [0.717, 1.165) is 28.3 Å². The molecule has 0 aliphatic rings. The van der Waals surface area contributed by atoms with Crippen molar-refractivity contribution in [3.8, 4) is 22.7 Å². The molecule has 0 saturated carbocycles. The Morgan fingerprint density at radius 2 is 1.67 bits per heavy atom. The van der Waals surface area contributed by atoms with Gasteiger partial charge in [-0.3, -0.25) is 4.79 Å². The molecule has 0 radical (unpaired) electrons. The van der Waals surface area contributed by atoms with E-state index in [4.69, 9.17) is 9.47 Å². The minimum Gasteiger partial charge on any atom is -0.497 e. The van der Waals surface area contributed by atoms with Crippen LogP contribution in [0.3, 0.4) is 0 Å². The number of rotatable bonds is 7. The lowest BCUT2D eigenvalue weighted by molar-refractivity contribution is 0.0523. The number of ketones is 1. The zero-order valence-electron chi connectivity index (χ0n) is 20.0. The van der Waals surface area contributed by atoms with Crippen molar-refractivity contribution in [2.24, 2.45) is 5.92 Å². The van der Waals surface area contributed by atoms with Crippen LogP contribution in [0, 0.1) is 5.92 Å². The summed E-state index contributed by atoms with van der Waals surface area (Å²) in [5, 5.41) is 7.36. The molecule has 33 heavy (non-hydrogen) atoms. The average molecular weight is 450 g/mol. The van der Waals surface area contributed by atoms with E-state index >= 15 is 0 Å². The largest absolute Gasteiger partial charge is 0.497 e. The monoisotopic (exact) mass is 449 g/mol. The minimum absolute atomic E-state index is 0.0123. The molecule has 1 amide bonds. The van der Waals surface area contributed by atoms with E-state index in [2.05, 4.69) is 10.4 Å². The standard InChI is InChI=1S/C26H31N3O4/c1-17(2)24(30)22-15-23(29(28-22)20-11-13-21(32-6)14-12-20)19-9-7-18(8-10-19)16-27-25(31)33-26(3,4)5/h7-15,17H,16H2,1-6H3,(H,27,31). The molecule has 1 N–H and O–H groups in total. The van der Waals surface area contributed by atoms with Gasteiger partial charge < -0.3 is 14.8 Å². The van der Waals surface area contributed by atoms with E-state index in [9.17, 15) is 9.59 Å². The number of aromatic nitrogens is 2. The lowest BCUT2D eigenvalue weighted by Crippen LogP contribution is -2.32. The van der Waals surface area contributed by atoms with Crippen LogP contribution in [0.1, 0.15) is 50.7 Å². The van der Waals surface area contributed by atoms with E-state index in [-0.39, 0.29) is 11.7 Å². The minimum atomic E-state index is -0.543. The van der Waals surface area contributed by atoms with Gasteiger partial charge in [-0.05, 0) is 56.7 Å². The van der Waals surface area contributed by atoms with E-state index < -0.39 is 11.7 Å². The molecule has 0 aliphatic carbocycles. The number of hydrogen-bond acceptors (Lipinski definition) is 5. The van der Waals surface area contributed by atoms with Crippen LogP contribution in [0.15, 0.2) is 54.6 Å². The van der Waals surface area contributed by atoms with Crippen LogP contribution >= 0.6 is 0 Å². The fraction of sp³-hybridized carbons (Fsp3) is 0.346. The lowest BCUT2D eigenvalue weighted by Gasteiger charge is -2.19. The summed E-state index contributed by atoms with van der Waals surface area (Å²) in [4.78, 5) is 24.5. The van der Waals surface area contributed by atoms with Crippen molar-refractivity contribution in [2.75, 3.05) is 7.11 Å². The zero-order valence-corrected chi connectivity index (χ0v) is 20.0. The Morgan fingerprint density at radius 3 is 2.21 bits per heavy atom. The molecule has 0 spiro atoms. The van der Waals surface area contributed by atoms with Crippen LogP contribution in [0.25, 0.3) is 16.9 Å². The lowest BCUT2D eigenvalue weighted by atomic mass is 10.0. The van der Waals surface area contributed by atoms with Gasteiger partial charge in [-0.15, -0.1) is 0 Å². The highest BCUT2D eigenvalue weighted by atomic mass is 16.6. The van der Waals surface area contributed by atoms with Crippen molar-refractivity contribution in [2.45, 2.75) is 46.8 Å². The molecule has 1 aromatic heterocycles. The SMILES string of the molecule is COc1ccc(-n2nc(C(=O)C(C)C)cc2-c2ccc(CNC(=O)OC(C)(C)C)cc2)cc1. The Morgan fingerprint density at radius 1 is 1.03 bits per heavy atom. The first-order chi connectivity index (χ1) is 15.6. The highest BCUT2D eigenvalue weighted by molar-refractivity contribution is 5.96. The Bertz CT molecular complexity index is 1110. The van der Waals surface area contributed by atoms with Gasteiger partial charge >= 0.3 is 6.09 Å². The van der Waals surface area contributed by atoms with Crippen molar-refractivity contribution in [3.63, 3.8) is 0 Å². The van der Waals surface area contributed by atoms with Gasteiger partial charge in [0.15, 0.2) is 5.78 Å². The Hall–Kier alpha value is -3.61. The quantitative estimate of drug-likeness (QED) is 0.488. The highest BCUT2D eigenvalue weighted by Crippen LogP contribution is 2.26. The average Bonchev–Trinajstić information content (AvgIpc) is 3.21. The summed E-state index contributed by atoms with van der Waals surface area (Å²) in [5.74, 6) is 0.577. The normalized spacial score (nSPS) is 11.4. The number of carbonyl (C=O) groups excluding carboxylic acids is 2. The number of nitrogens with one attached hydrogen (secondary N) is 1. The fourth-order valence-electron chi connectivity index (χ4n) is 3.20. The van der Waals surface area contributed by atoms with E-state index in [0.29, 0.717) is 12.2 Å². The second kappa shape index (κ2) is 9.90. The molecule has 0 saturated heterocycles. The third-order valence-electron chi connectivity index (χ3n) is 4.89. The molecule has 7 heteroatoms. The number of carbonyl (C=O) groups is 2. The van der Waals surface area contributed by atoms with Gasteiger partial charge in [-0.1, -0.05) is 38.1 Å². The molecule has 0 bridgehead atoms. The number of ether oxygens (including phenoxy) is 2. The molecule has 2 aromatic carbocycles. The fourth-order valence-corrected chi connectivity index (χ4v) is 3.20. The summed E-state index contributed by atoms with van der Waals surface area (Å²) in [5.41, 5.74) is 3.34. The second-order valence-corrected chi connectivity index (χ2v) is 9.10. The number of alkyl carbamates (subject to hydrolysis) is 1. The van der Waals surface area contributed by atoms with Crippen molar-refractivity contribution < 1.29 is 19.1 Å². The van der Waals surface area contributed by atoms with Crippen LogP contribution in [0.2, 0.25) is 0 Å². The van der Waals surface area contributed by atoms with Gasteiger partial charge in [0, 0.05) is 18.0 Å². The summed E-state index contributed by atoms with van der Waals surface area (Å²) in [6.07, 6.45) is -0.457. The number of nitrogens with zero attached hydrogens (tertiary/aromatic N) is 2. The highest BCUT2D eigenvalue weighted by Gasteiger charge is 2.19. The molecule has 7 nitrogen and oxygen atoms in total. The van der Waals surface area contributed by atoms with Crippen LogP contribution < -0.4 is 10.1 Å². The van der Waals surface area contributed by atoms with Crippen molar-refractivity contribution >= 4 is 11.9 Å². The number of Topliss-reactive ketones (excluding diaryl/α,β-unsaturated/α-hetero) is 1. The number of methoxy groups -OCH3 is 1. The van der Waals surface area contributed by atoms with Gasteiger partial charge in [0.05, 0.1) is 18.5 Å². The smallest absolute Gasteiger partial charge is 0.407 e. The molecule has 0 atom stereocenters. The summed E-state index contributed by atoms with van der Waals surface area (Å²) in [6, 6.07) is 17.1. The maximum atomic E-state index is 12.6. The third kappa shape index (κ3) is 6.22. The predicted octanol–water partition coefficient (Wildman–Crippen LogP) is 5.41. The second-order valence-electron chi connectivity index (χ2n) is 9.10. The maximum absolute atomic E-state index is 12.6. The first kappa shape index (κ1) is 24.0. The maximum Gasteiger partial charge on any atom is 0.407 e. The molecule has 1 heterocycles. The number of amides is 1. The predicted molar refractivity (Wildman–Crippen MR) is 128 cm³/mol. The van der Waals surface area contributed by atoms with E-state index in [1.807, 2.05) is 89.2 Å². The summed E-state index contributed by atoms with van der Waals surface area (Å²) >= 11 is 0. The molecule has 0 aliphatic heterocycles. The Balaban J connectivity index is 1.87. The van der Waals surface area contributed by atoms with Gasteiger partial charge in [0.25, 0.3) is 0 Å². The number of hydrogen-bond donors (Lipinski definition) is 1. The van der Waals surface area contributed by atoms with Gasteiger partial charge in [-0.25, -0.2) is 9.48 Å². The van der Waals surface area contributed by atoms with E-state index in [1.165, 1.54) is 0 Å². The van der Waals surface area contributed by atoms with Crippen LogP contribution in [0.4, 0.5) is 4.79 Å². The molecular formula is C26H31N3O4. The van der Waals surface area contributed by atoms with Gasteiger partial charge in [-0.2, -0.15) is 5.10 Å². The molecule has 174 valence electrons. The van der Waals surface area contributed by atoms with Crippen molar-refractivity contribution in [1.82, 2.24) is 15.1 Å². The van der Waals surface area contributed by atoms with E-state index in [1.54, 1.807) is 11.8 Å². The van der Waals surface area contributed by atoms with Crippen LogP contribution in [-0.4, -0.2) is 34.4 Å². The molecule has 3 aromatic rings. The number of benzene rings is 2. The summed E-state index contributed by atoms with van der Waals surface area (Å²) in [6.45, 7) is 9.55. The topological polar surface area (TPSA) is 82.5 Å². The first-order valence-electron chi connectivity index (χ1n) is 10.9. The van der Waals surface area contributed by atoms with Crippen LogP contribution in [-0.2, 0) is 11.3 Å². The molecule has 3 rings (SSSR count). The Kier molecular flexibility index (Phi) is 7.21. The van der Waals surface area contributed by atoms with Crippen LogP contribution in [0.5, 0.6) is 5.75 Å². The molecule has 0 fully saturated rings. The van der Waals surface area contributed by atoms with Crippen molar-refractivity contribution in [1.29, 1.82) is 0 Å². The first-order valence-corrected chi connectivity index (χ1v) is 10.9. The molecule has 0 unspecified atom stereocenters. The Labute approximate surface area is 194 Å². The molecular weight excluding hydrogens is 418 g/mol. The summed E-state index contributed by atoms with van der Waals surface area (Å²) < 4.78 is 12.3. The van der Waals surface area contributed by atoms with Gasteiger partial charge in [0.2, 0.25) is 0 Å².